The summed E-state index contributed by atoms with van der Waals surface area (Å²) in [5.74, 6) is 0. The van der Waals surface area contributed by atoms with Crippen molar-refractivity contribution in [3.63, 3.8) is 0 Å². The highest BCUT2D eigenvalue weighted by molar-refractivity contribution is 9.10. The minimum Gasteiger partial charge on any atom is -0.236 e. The fourth-order valence-corrected chi connectivity index (χ4v) is 1.94. The fraction of sp³-hybridized carbons (Fsp3) is 0.100. The van der Waals surface area contributed by atoms with Gasteiger partial charge in [-0.25, -0.2) is 4.98 Å². The molecule has 0 spiro atoms. The molecule has 1 heterocycles. The standard InChI is InChI=1S/C10H7BrClN/c1-6-4-10(12)13-9-5-7(11)2-3-8(6)9/h2-5H,1H3. The zero-order valence-electron chi connectivity index (χ0n) is 7.01. The Labute approximate surface area is 89.9 Å². The van der Waals surface area contributed by atoms with Crippen LogP contribution in [0, 0.1) is 6.92 Å². The Morgan fingerprint density at radius 2 is 2.08 bits per heavy atom. The van der Waals surface area contributed by atoms with E-state index in [0.29, 0.717) is 5.15 Å². The molecule has 66 valence electrons. The highest BCUT2D eigenvalue weighted by Crippen LogP contribution is 2.23. The normalized spacial score (nSPS) is 10.7. The Morgan fingerprint density at radius 1 is 1.31 bits per heavy atom. The second-order valence-electron chi connectivity index (χ2n) is 2.92. The van der Waals surface area contributed by atoms with Crippen LogP contribution in [0.15, 0.2) is 28.7 Å². The molecule has 2 aromatic rings. The number of hydrogen-bond donors (Lipinski definition) is 0. The molecular weight excluding hydrogens is 249 g/mol. The van der Waals surface area contributed by atoms with Crippen molar-refractivity contribution in [3.8, 4) is 0 Å². The van der Waals surface area contributed by atoms with E-state index in [9.17, 15) is 0 Å². The second-order valence-corrected chi connectivity index (χ2v) is 4.23. The molecule has 0 amide bonds. The van der Waals surface area contributed by atoms with Crippen LogP contribution in [0.5, 0.6) is 0 Å². The molecule has 0 unspecified atom stereocenters. The van der Waals surface area contributed by atoms with Gasteiger partial charge in [-0.1, -0.05) is 33.6 Å². The Kier molecular flexibility index (Phi) is 2.26. The summed E-state index contributed by atoms with van der Waals surface area (Å²) >= 11 is 9.25. The lowest BCUT2D eigenvalue weighted by Crippen LogP contribution is -1.83. The predicted molar refractivity (Wildman–Crippen MR) is 59.2 cm³/mol. The number of aryl methyl sites for hydroxylation is 1. The third-order valence-electron chi connectivity index (χ3n) is 1.95. The first kappa shape index (κ1) is 8.97. The Hall–Kier alpha value is -0.600. The molecule has 0 aliphatic rings. The van der Waals surface area contributed by atoms with Gasteiger partial charge < -0.3 is 0 Å². The Morgan fingerprint density at radius 3 is 2.85 bits per heavy atom. The largest absolute Gasteiger partial charge is 0.236 e. The van der Waals surface area contributed by atoms with E-state index in [1.54, 1.807) is 0 Å². The summed E-state index contributed by atoms with van der Waals surface area (Å²) in [5.41, 5.74) is 2.09. The molecular formula is C10H7BrClN. The van der Waals surface area contributed by atoms with Gasteiger partial charge in [0.05, 0.1) is 5.52 Å². The average Bonchev–Trinajstić information content (AvgIpc) is 2.02. The van der Waals surface area contributed by atoms with Crippen LogP contribution in [0.2, 0.25) is 5.15 Å². The monoisotopic (exact) mass is 255 g/mol. The maximum atomic E-state index is 5.85. The number of nitrogens with zero attached hydrogens (tertiary/aromatic N) is 1. The molecule has 2 rings (SSSR count). The number of fused-ring (bicyclic) bond motifs is 1. The molecule has 0 bridgehead atoms. The molecule has 0 saturated heterocycles. The molecule has 0 N–H and O–H groups in total. The van der Waals surface area contributed by atoms with E-state index in [2.05, 4.69) is 20.9 Å². The van der Waals surface area contributed by atoms with Crippen LogP contribution in [0.1, 0.15) is 5.56 Å². The maximum absolute atomic E-state index is 5.85. The lowest BCUT2D eigenvalue weighted by atomic mass is 10.1. The van der Waals surface area contributed by atoms with Crippen molar-refractivity contribution < 1.29 is 0 Å². The molecule has 1 nitrogen and oxygen atoms in total. The van der Waals surface area contributed by atoms with Crippen molar-refractivity contribution in [1.29, 1.82) is 0 Å². The lowest BCUT2D eigenvalue weighted by molar-refractivity contribution is 1.36. The van der Waals surface area contributed by atoms with E-state index in [-0.39, 0.29) is 0 Å². The molecule has 0 aliphatic heterocycles. The molecule has 0 radical (unpaired) electrons. The van der Waals surface area contributed by atoms with E-state index >= 15 is 0 Å². The molecule has 1 aromatic carbocycles. The highest BCUT2D eigenvalue weighted by atomic mass is 79.9. The van der Waals surface area contributed by atoms with Crippen molar-refractivity contribution in [2.24, 2.45) is 0 Å². The van der Waals surface area contributed by atoms with Crippen LogP contribution in [0.3, 0.4) is 0 Å². The van der Waals surface area contributed by atoms with Crippen molar-refractivity contribution >= 4 is 38.4 Å². The maximum Gasteiger partial charge on any atom is 0.130 e. The molecule has 1 aromatic heterocycles. The van der Waals surface area contributed by atoms with Gasteiger partial charge in [-0.05, 0) is 30.7 Å². The van der Waals surface area contributed by atoms with E-state index in [1.165, 1.54) is 0 Å². The van der Waals surface area contributed by atoms with Crippen LogP contribution < -0.4 is 0 Å². The zero-order chi connectivity index (χ0) is 9.42. The summed E-state index contributed by atoms with van der Waals surface area (Å²) in [7, 11) is 0. The lowest BCUT2D eigenvalue weighted by Gasteiger charge is -2.02. The summed E-state index contributed by atoms with van der Waals surface area (Å²) < 4.78 is 1.02. The van der Waals surface area contributed by atoms with Gasteiger partial charge in [-0.15, -0.1) is 0 Å². The third-order valence-corrected chi connectivity index (χ3v) is 2.63. The Bertz CT molecular complexity index is 462. The number of benzene rings is 1. The number of rotatable bonds is 0. The summed E-state index contributed by atoms with van der Waals surface area (Å²) in [6, 6.07) is 7.88. The average molecular weight is 257 g/mol. The summed E-state index contributed by atoms with van der Waals surface area (Å²) in [5, 5.41) is 1.69. The quantitative estimate of drug-likeness (QED) is 0.650. The SMILES string of the molecule is Cc1cc(Cl)nc2cc(Br)ccc12. The van der Waals surface area contributed by atoms with Gasteiger partial charge in [0.2, 0.25) is 0 Å². The van der Waals surface area contributed by atoms with Gasteiger partial charge >= 0.3 is 0 Å². The highest BCUT2D eigenvalue weighted by Gasteiger charge is 2.00. The van der Waals surface area contributed by atoms with Crippen LogP contribution in [-0.4, -0.2) is 4.98 Å². The first-order valence-corrected chi connectivity index (χ1v) is 5.06. The van der Waals surface area contributed by atoms with Gasteiger partial charge in [0, 0.05) is 9.86 Å². The van der Waals surface area contributed by atoms with E-state index in [4.69, 9.17) is 11.6 Å². The van der Waals surface area contributed by atoms with Crippen LogP contribution >= 0.6 is 27.5 Å². The molecule has 0 atom stereocenters. The topological polar surface area (TPSA) is 12.9 Å². The van der Waals surface area contributed by atoms with Gasteiger partial charge in [-0.2, -0.15) is 0 Å². The summed E-state index contributed by atoms with van der Waals surface area (Å²) in [6.07, 6.45) is 0. The van der Waals surface area contributed by atoms with Crippen molar-refractivity contribution in [2.45, 2.75) is 6.92 Å². The number of pyridine rings is 1. The van der Waals surface area contributed by atoms with Crippen molar-refractivity contribution in [1.82, 2.24) is 4.98 Å². The minimum absolute atomic E-state index is 0.545. The number of aromatic nitrogens is 1. The van der Waals surface area contributed by atoms with Crippen molar-refractivity contribution in [2.75, 3.05) is 0 Å². The van der Waals surface area contributed by atoms with Crippen LogP contribution in [0.4, 0.5) is 0 Å². The van der Waals surface area contributed by atoms with Gasteiger partial charge in [-0.3, -0.25) is 0 Å². The minimum atomic E-state index is 0.545. The molecule has 3 heteroatoms. The molecule has 0 saturated carbocycles. The number of halogens is 2. The predicted octanol–water partition coefficient (Wildman–Crippen LogP) is 3.96. The smallest absolute Gasteiger partial charge is 0.130 e. The molecule has 13 heavy (non-hydrogen) atoms. The van der Waals surface area contributed by atoms with Crippen molar-refractivity contribution in [3.05, 3.63) is 39.5 Å². The summed E-state index contributed by atoms with van der Waals surface area (Å²) in [4.78, 5) is 4.23. The van der Waals surface area contributed by atoms with Crippen LogP contribution in [0.25, 0.3) is 10.9 Å². The van der Waals surface area contributed by atoms with Gasteiger partial charge in [0.25, 0.3) is 0 Å². The zero-order valence-corrected chi connectivity index (χ0v) is 9.35. The second kappa shape index (κ2) is 3.28. The van der Waals surface area contributed by atoms with Gasteiger partial charge in [0.1, 0.15) is 5.15 Å². The first-order chi connectivity index (χ1) is 6.16. The van der Waals surface area contributed by atoms with E-state index < -0.39 is 0 Å². The summed E-state index contributed by atoms with van der Waals surface area (Å²) in [6.45, 7) is 2.03. The molecule has 0 aliphatic carbocycles. The number of hydrogen-bond acceptors (Lipinski definition) is 1. The van der Waals surface area contributed by atoms with Crippen LogP contribution in [-0.2, 0) is 0 Å². The molecule has 0 fully saturated rings. The third kappa shape index (κ3) is 1.69. The van der Waals surface area contributed by atoms with E-state index in [0.717, 1.165) is 20.9 Å². The Balaban J connectivity index is 2.86. The van der Waals surface area contributed by atoms with E-state index in [1.807, 2.05) is 31.2 Å². The van der Waals surface area contributed by atoms with Gasteiger partial charge in [0.15, 0.2) is 0 Å². The first-order valence-electron chi connectivity index (χ1n) is 3.89. The fourth-order valence-electron chi connectivity index (χ4n) is 1.33.